The second-order valence-corrected chi connectivity index (χ2v) is 2.96. The van der Waals surface area contributed by atoms with Crippen LogP contribution < -0.4 is 0 Å². The van der Waals surface area contributed by atoms with Gasteiger partial charge in [0.25, 0.3) is 0 Å². The molecule has 0 aromatic carbocycles. The molecule has 10 heavy (non-hydrogen) atoms. The van der Waals surface area contributed by atoms with Crippen molar-refractivity contribution in [3.05, 3.63) is 28.5 Å². The van der Waals surface area contributed by atoms with Crippen LogP contribution in [-0.4, -0.2) is 11.6 Å². The van der Waals surface area contributed by atoms with Gasteiger partial charge >= 0.3 is 0 Å². The van der Waals surface area contributed by atoms with Crippen molar-refractivity contribution in [1.82, 2.24) is 4.98 Å². The minimum atomic E-state index is 0.295. The number of epoxide rings is 1. The molecule has 0 bridgehead atoms. The normalized spacial score (nSPS) is 22.7. The molecule has 0 radical (unpaired) electrons. The van der Waals surface area contributed by atoms with Crippen LogP contribution in [0, 0.1) is 0 Å². The van der Waals surface area contributed by atoms with Gasteiger partial charge in [0.15, 0.2) is 0 Å². The molecule has 1 atom stereocenters. The first-order valence-corrected chi connectivity index (χ1v) is 3.89. The van der Waals surface area contributed by atoms with Crippen molar-refractivity contribution < 1.29 is 4.74 Å². The molecule has 1 aliphatic heterocycles. The van der Waals surface area contributed by atoms with Crippen molar-refractivity contribution in [2.45, 2.75) is 6.10 Å². The highest BCUT2D eigenvalue weighted by atomic mass is 79.9. The van der Waals surface area contributed by atoms with E-state index in [9.17, 15) is 0 Å². The molecule has 2 nitrogen and oxygen atoms in total. The average Bonchev–Trinajstić information content (AvgIpc) is 2.71. The third-order valence-corrected chi connectivity index (χ3v) is 2.13. The Balaban J connectivity index is 2.39. The third-order valence-electron chi connectivity index (χ3n) is 1.47. The average molecular weight is 200 g/mol. The van der Waals surface area contributed by atoms with E-state index < -0.39 is 0 Å². The number of rotatable bonds is 1. The second kappa shape index (κ2) is 2.32. The Morgan fingerprint density at radius 1 is 1.70 bits per heavy atom. The molecule has 0 amide bonds. The van der Waals surface area contributed by atoms with Crippen LogP contribution in [0.1, 0.15) is 11.7 Å². The van der Waals surface area contributed by atoms with Gasteiger partial charge in [-0.05, 0) is 22.0 Å². The highest BCUT2D eigenvalue weighted by molar-refractivity contribution is 9.10. The summed E-state index contributed by atoms with van der Waals surface area (Å²) in [5.74, 6) is 0. The van der Waals surface area contributed by atoms with Gasteiger partial charge in [0.2, 0.25) is 0 Å². The maximum atomic E-state index is 5.11. The van der Waals surface area contributed by atoms with Crippen LogP contribution in [0.15, 0.2) is 22.9 Å². The van der Waals surface area contributed by atoms with Crippen LogP contribution in [0.25, 0.3) is 0 Å². The Hall–Kier alpha value is -0.410. The highest BCUT2D eigenvalue weighted by Crippen LogP contribution is 2.33. The summed E-state index contributed by atoms with van der Waals surface area (Å²) in [6.07, 6.45) is 2.05. The summed E-state index contributed by atoms with van der Waals surface area (Å²) < 4.78 is 6.01. The van der Waals surface area contributed by atoms with Gasteiger partial charge in [0.1, 0.15) is 10.7 Å². The van der Waals surface area contributed by atoms with E-state index >= 15 is 0 Å². The molecule has 1 fully saturated rings. The quantitative estimate of drug-likeness (QED) is 0.511. The van der Waals surface area contributed by atoms with Gasteiger partial charge in [-0.1, -0.05) is 6.07 Å². The zero-order valence-electron chi connectivity index (χ0n) is 5.25. The number of halogens is 1. The first-order chi connectivity index (χ1) is 4.88. The monoisotopic (exact) mass is 199 g/mol. The van der Waals surface area contributed by atoms with Gasteiger partial charge in [0.05, 0.1) is 6.61 Å². The molecule has 1 aliphatic rings. The summed E-state index contributed by atoms with van der Waals surface area (Å²) in [5, 5.41) is 0. The van der Waals surface area contributed by atoms with Gasteiger partial charge in [-0.25, -0.2) is 4.98 Å². The Kier molecular flexibility index (Phi) is 1.47. The van der Waals surface area contributed by atoms with E-state index in [4.69, 9.17) is 4.74 Å². The number of ether oxygens (including phenoxy) is 1. The molecule has 52 valence electrons. The van der Waals surface area contributed by atoms with Crippen LogP contribution in [0.3, 0.4) is 0 Å². The molecule has 0 aliphatic carbocycles. The molecule has 2 rings (SSSR count). The fourth-order valence-electron chi connectivity index (χ4n) is 0.866. The predicted molar refractivity (Wildman–Crippen MR) is 40.6 cm³/mol. The van der Waals surface area contributed by atoms with Crippen molar-refractivity contribution in [2.75, 3.05) is 6.61 Å². The van der Waals surface area contributed by atoms with Crippen molar-refractivity contribution >= 4 is 15.9 Å². The first kappa shape index (κ1) is 6.31. The fraction of sp³-hybridized carbons (Fsp3) is 0.286. The molecule has 3 heteroatoms. The van der Waals surface area contributed by atoms with Crippen LogP contribution >= 0.6 is 15.9 Å². The fourth-order valence-corrected chi connectivity index (χ4v) is 1.37. The van der Waals surface area contributed by atoms with E-state index in [1.165, 1.54) is 0 Å². The SMILES string of the molecule is Brc1ncccc1C1CO1. The largest absolute Gasteiger partial charge is 0.368 e. The smallest absolute Gasteiger partial charge is 0.111 e. The molecule has 1 unspecified atom stereocenters. The van der Waals surface area contributed by atoms with Gasteiger partial charge in [-0.3, -0.25) is 0 Å². The minimum Gasteiger partial charge on any atom is -0.368 e. The summed E-state index contributed by atoms with van der Waals surface area (Å²) in [6, 6.07) is 3.94. The van der Waals surface area contributed by atoms with Gasteiger partial charge < -0.3 is 4.74 Å². The number of hydrogen-bond donors (Lipinski definition) is 0. The number of aromatic nitrogens is 1. The van der Waals surface area contributed by atoms with E-state index in [-0.39, 0.29) is 0 Å². The topological polar surface area (TPSA) is 25.4 Å². The summed E-state index contributed by atoms with van der Waals surface area (Å²) in [4.78, 5) is 4.08. The Labute approximate surface area is 67.4 Å². The molecule has 2 heterocycles. The lowest BCUT2D eigenvalue weighted by molar-refractivity contribution is 0.414. The van der Waals surface area contributed by atoms with Crippen molar-refractivity contribution in [2.24, 2.45) is 0 Å². The van der Waals surface area contributed by atoms with Gasteiger partial charge in [0, 0.05) is 11.8 Å². The standard InChI is InChI=1S/C7H6BrNO/c8-7-5(6-4-10-6)2-1-3-9-7/h1-3,6H,4H2. The zero-order chi connectivity index (χ0) is 6.97. The summed E-state index contributed by atoms with van der Waals surface area (Å²) >= 11 is 3.35. The van der Waals surface area contributed by atoms with Gasteiger partial charge in [-0.15, -0.1) is 0 Å². The zero-order valence-corrected chi connectivity index (χ0v) is 6.84. The van der Waals surface area contributed by atoms with E-state index in [0.717, 1.165) is 16.8 Å². The van der Waals surface area contributed by atoms with Crippen molar-refractivity contribution in [3.8, 4) is 0 Å². The summed E-state index contributed by atoms with van der Waals surface area (Å²) in [7, 11) is 0. The first-order valence-electron chi connectivity index (χ1n) is 3.10. The predicted octanol–water partition coefficient (Wildman–Crippen LogP) is 1.92. The molecular formula is C7H6BrNO. The van der Waals surface area contributed by atoms with E-state index in [0.29, 0.717) is 6.10 Å². The highest BCUT2D eigenvalue weighted by Gasteiger charge is 2.26. The van der Waals surface area contributed by atoms with Crippen LogP contribution in [-0.2, 0) is 4.74 Å². The van der Waals surface area contributed by atoms with Crippen LogP contribution in [0.2, 0.25) is 0 Å². The molecule has 1 aromatic rings. The Morgan fingerprint density at radius 3 is 3.10 bits per heavy atom. The summed E-state index contributed by atoms with van der Waals surface area (Å²) in [6.45, 7) is 0.838. The molecule has 0 N–H and O–H groups in total. The number of hydrogen-bond acceptors (Lipinski definition) is 2. The molecule has 0 saturated carbocycles. The van der Waals surface area contributed by atoms with E-state index in [1.54, 1.807) is 6.20 Å². The minimum absolute atomic E-state index is 0.295. The van der Waals surface area contributed by atoms with E-state index in [2.05, 4.69) is 20.9 Å². The molecule has 1 aromatic heterocycles. The molecule has 0 spiro atoms. The van der Waals surface area contributed by atoms with E-state index in [1.807, 2.05) is 12.1 Å². The van der Waals surface area contributed by atoms with Crippen LogP contribution in [0.4, 0.5) is 0 Å². The Bertz CT molecular complexity index is 247. The third kappa shape index (κ3) is 1.07. The van der Waals surface area contributed by atoms with Crippen molar-refractivity contribution in [1.29, 1.82) is 0 Å². The second-order valence-electron chi connectivity index (χ2n) is 2.21. The lowest BCUT2D eigenvalue weighted by atomic mass is 10.2. The lowest BCUT2D eigenvalue weighted by Crippen LogP contribution is -1.84. The van der Waals surface area contributed by atoms with Gasteiger partial charge in [-0.2, -0.15) is 0 Å². The summed E-state index contributed by atoms with van der Waals surface area (Å²) in [5.41, 5.74) is 1.16. The number of pyridine rings is 1. The maximum Gasteiger partial charge on any atom is 0.111 e. The lowest BCUT2D eigenvalue weighted by Gasteiger charge is -1.95. The number of nitrogens with zero attached hydrogens (tertiary/aromatic N) is 1. The maximum absolute atomic E-state index is 5.11. The molecular weight excluding hydrogens is 194 g/mol. The molecule has 1 saturated heterocycles. The van der Waals surface area contributed by atoms with Crippen molar-refractivity contribution in [3.63, 3.8) is 0 Å². The Morgan fingerprint density at radius 2 is 2.50 bits per heavy atom. The van der Waals surface area contributed by atoms with Crippen LogP contribution in [0.5, 0.6) is 0 Å².